The van der Waals surface area contributed by atoms with Crippen LogP contribution in [0, 0.1) is 12.3 Å². The first-order valence-corrected chi connectivity index (χ1v) is 14.8. The third-order valence-electron chi connectivity index (χ3n) is 7.31. The lowest BCUT2D eigenvalue weighted by Crippen LogP contribution is -2.31. The minimum atomic E-state index is -2.96. The summed E-state index contributed by atoms with van der Waals surface area (Å²) in [7, 11) is -2.96. The third-order valence-corrected chi connectivity index (χ3v) is 8.26. The van der Waals surface area contributed by atoms with E-state index in [2.05, 4.69) is 63.4 Å². The Hall–Kier alpha value is -1.76. The van der Waals surface area contributed by atoms with Crippen LogP contribution in [0.4, 0.5) is 0 Å². The highest BCUT2D eigenvalue weighted by Gasteiger charge is 2.34. The lowest BCUT2D eigenvalue weighted by atomic mass is 9.67. The monoisotopic (exact) mass is 503 g/mol. The van der Waals surface area contributed by atoms with E-state index in [0.717, 1.165) is 19.3 Å². The first kappa shape index (κ1) is 29.5. The van der Waals surface area contributed by atoms with Gasteiger partial charge in [0.15, 0.2) is 5.78 Å². The zero-order chi connectivity index (χ0) is 26.4. The molecule has 5 nitrogen and oxygen atoms in total. The van der Waals surface area contributed by atoms with Gasteiger partial charge in [0.1, 0.15) is 16.4 Å². The number of Topliss-reactive ketones (excluding diaryl/α,β-unsaturated/α-hetero) is 1. The molecule has 0 saturated carbocycles. The molecular formula is C29H45NO4S. The van der Waals surface area contributed by atoms with Crippen LogP contribution in [0.5, 0.6) is 0 Å². The Morgan fingerprint density at radius 3 is 2.31 bits per heavy atom. The predicted molar refractivity (Wildman–Crippen MR) is 146 cm³/mol. The van der Waals surface area contributed by atoms with Gasteiger partial charge in [-0.15, -0.1) is 0 Å². The second-order valence-electron chi connectivity index (χ2n) is 11.0. The molecule has 1 unspecified atom stereocenters. The van der Waals surface area contributed by atoms with Crippen LogP contribution < -0.4 is 5.32 Å². The average molecular weight is 504 g/mol. The molecule has 1 aliphatic carbocycles. The molecule has 6 heteroatoms. The second-order valence-corrected chi connectivity index (χ2v) is 13.3. The van der Waals surface area contributed by atoms with Crippen LogP contribution in [0.25, 0.3) is 0 Å². The lowest BCUT2D eigenvalue weighted by molar-refractivity contribution is -0.132. The van der Waals surface area contributed by atoms with Gasteiger partial charge in [-0.05, 0) is 60.9 Å². The minimum Gasteiger partial charge on any atom is -0.366 e. The number of nitrogens with one attached hydrogen (secondary N) is 1. The Balaban J connectivity index is 2.18. The second kappa shape index (κ2) is 12.0. The van der Waals surface area contributed by atoms with Gasteiger partial charge in [-0.2, -0.15) is 0 Å². The van der Waals surface area contributed by atoms with E-state index in [4.69, 9.17) is 4.74 Å². The predicted octanol–water partition coefficient (Wildman–Crippen LogP) is 5.46. The van der Waals surface area contributed by atoms with Crippen LogP contribution in [-0.4, -0.2) is 45.5 Å². The van der Waals surface area contributed by atoms with Crippen molar-refractivity contribution in [1.29, 1.82) is 0 Å². The van der Waals surface area contributed by atoms with E-state index in [0.29, 0.717) is 13.1 Å². The van der Waals surface area contributed by atoms with E-state index in [1.165, 1.54) is 34.1 Å². The molecule has 0 bridgehead atoms. The number of carbonyl (C=O) groups excluding carboxylic acids is 1. The van der Waals surface area contributed by atoms with Crippen LogP contribution in [0.1, 0.15) is 77.5 Å². The minimum absolute atomic E-state index is 0.0569. The van der Waals surface area contributed by atoms with E-state index in [1.54, 1.807) is 0 Å². The number of aryl methyl sites for hydroxylation is 1. The van der Waals surface area contributed by atoms with Crippen molar-refractivity contribution in [2.75, 3.05) is 25.2 Å². The molecule has 0 spiro atoms. The largest absolute Gasteiger partial charge is 0.366 e. The lowest BCUT2D eigenvalue weighted by Gasteiger charge is -2.37. The summed E-state index contributed by atoms with van der Waals surface area (Å²) in [5.41, 5.74) is 5.71. The highest BCUT2D eigenvalue weighted by molar-refractivity contribution is 7.90. The number of ketones is 1. The number of allylic oxidation sites excluding steroid dienone is 2. The van der Waals surface area contributed by atoms with Gasteiger partial charge in [-0.3, -0.25) is 4.79 Å². The molecule has 1 aromatic carbocycles. The van der Waals surface area contributed by atoms with Gasteiger partial charge in [0, 0.05) is 30.2 Å². The molecule has 0 amide bonds. The summed E-state index contributed by atoms with van der Waals surface area (Å²) in [5, 5.41) is 3.25. The van der Waals surface area contributed by atoms with Gasteiger partial charge in [0.25, 0.3) is 0 Å². The van der Waals surface area contributed by atoms with Crippen LogP contribution in [0.3, 0.4) is 0 Å². The van der Waals surface area contributed by atoms with E-state index < -0.39 is 9.84 Å². The number of rotatable bonds is 12. The zero-order valence-corrected chi connectivity index (χ0v) is 23.8. The van der Waals surface area contributed by atoms with Crippen LogP contribution >= 0.6 is 0 Å². The molecule has 1 aromatic rings. The maximum Gasteiger partial charge on any atom is 0.163 e. The van der Waals surface area contributed by atoms with Gasteiger partial charge < -0.3 is 10.1 Å². The topological polar surface area (TPSA) is 72.5 Å². The maximum absolute atomic E-state index is 12.3. The Bertz CT molecular complexity index is 1060. The molecule has 196 valence electrons. The van der Waals surface area contributed by atoms with Crippen molar-refractivity contribution in [1.82, 2.24) is 5.32 Å². The standard InChI is InChI=1S/C29H45NO4S/c1-9-29(10-2,24-12-11-23(21(3)17-24)19-30-15-16-35(8,32)33)25-13-14-26(22(4)18-25)34-20-27(31)28(5,6)7/h11-13,17-18,26,30H,9-10,14-16,19-20H2,1-8H3. The molecule has 1 N–H and O–H groups in total. The number of ether oxygens (including phenoxy) is 1. The molecule has 0 aliphatic heterocycles. The molecule has 1 atom stereocenters. The van der Waals surface area contributed by atoms with Crippen LogP contribution in [0.15, 0.2) is 41.5 Å². The van der Waals surface area contributed by atoms with Crippen molar-refractivity contribution < 1.29 is 17.9 Å². The molecule has 2 rings (SSSR count). The highest BCUT2D eigenvalue weighted by atomic mass is 32.2. The van der Waals surface area contributed by atoms with Crippen molar-refractivity contribution in [2.45, 2.75) is 85.8 Å². The summed E-state index contributed by atoms with van der Waals surface area (Å²) in [5.74, 6) is 0.270. The highest BCUT2D eigenvalue weighted by Crippen LogP contribution is 2.43. The Morgan fingerprint density at radius 1 is 1.14 bits per heavy atom. The molecule has 0 fully saturated rings. The van der Waals surface area contributed by atoms with E-state index in [-0.39, 0.29) is 35.1 Å². The van der Waals surface area contributed by atoms with E-state index >= 15 is 0 Å². The number of sulfone groups is 1. The van der Waals surface area contributed by atoms with Gasteiger partial charge in [-0.1, -0.05) is 65.0 Å². The molecule has 0 heterocycles. The summed E-state index contributed by atoms with van der Waals surface area (Å²) in [6, 6.07) is 6.68. The van der Waals surface area contributed by atoms with Crippen molar-refractivity contribution in [3.05, 3.63) is 58.2 Å². The summed E-state index contributed by atoms with van der Waals surface area (Å²) in [4.78, 5) is 12.3. The smallest absolute Gasteiger partial charge is 0.163 e. The van der Waals surface area contributed by atoms with Crippen molar-refractivity contribution in [3.63, 3.8) is 0 Å². The number of benzene rings is 1. The normalized spacial score (nSPS) is 17.2. The fourth-order valence-corrected chi connectivity index (χ4v) is 5.16. The van der Waals surface area contributed by atoms with Gasteiger partial charge in [0.05, 0.1) is 11.9 Å². The molecule has 0 radical (unpaired) electrons. The zero-order valence-electron chi connectivity index (χ0n) is 23.0. The number of hydrogen-bond donors (Lipinski definition) is 1. The summed E-state index contributed by atoms with van der Waals surface area (Å²) < 4.78 is 28.7. The van der Waals surface area contributed by atoms with Crippen LogP contribution in [-0.2, 0) is 31.3 Å². The van der Waals surface area contributed by atoms with Gasteiger partial charge in [0.2, 0.25) is 0 Å². The van der Waals surface area contributed by atoms with Crippen molar-refractivity contribution in [2.24, 2.45) is 5.41 Å². The number of carbonyl (C=O) groups is 1. The number of hydrogen-bond acceptors (Lipinski definition) is 5. The Labute approximate surface area is 213 Å². The van der Waals surface area contributed by atoms with Crippen molar-refractivity contribution >= 4 is 15.6 Å². The summed E-state index contributed by atoms with van der Waals surface area (Å²) >= 11 is 0. The van der Waals surface area contributed by atoms with Gasteiger partial charge in [-0.25, -0.2) is 8.42 Å². The van der Waals surface area contributed by atoms with Gasteiger partial charge >= 0.3 is 0 Å². The SMILES string of the molecule is CCC(CC)(C1=CCC(OCC(=O)C(C)(C)C)C(C)=C1)c1ccc(CNCCS(C)(=O)=O)c(C)c1. The van der Waals surface area contributed by atoms with E-state index in [9.17, 15) is 13.2 Å². The third kappa shape index (κ3) is 7.86. The first-order chi connectivity index (χ1) is 16.2. The Kier molecular flexibility index (Phi) is 10.1. The average Bonchev–Trinajstić information content (AvgIpc) is 2.77. The maximum atomic E-state index is 12.3. The molecular weight excluding hydrogens is 458 g/mol. The molecule has 0 aromatic heterocycles. The van der Waals surface area contributed by atoms with E-state index in [1.807, 2.05) is 20.8 Å². The fraction of sp³-hybridized carbons (Fsp3) is 0.621. The fourth-order valence-electron chi connectivity index (χ4n) is 4.65. The molecule has 35 heavy (non-hydrogen) atoms. The summed E-state index contributed by atoms with van der Waals surface area (Å²) in [6.45, 7) is 15.8. The Morgan fingerprint density at radius 2 is 1.80 bits per heavy atom. The first-order valence-electron chi connectivity index (χ1n) is 12.8. The molecule has 0 saturated heterocycles. The van der Waals surface area contributed by atoms with Crippen LogP contribution in [0.2, 0.25) is 0 Å². The molecule has 1 aliphatic rings. The summed E-state index contributed by atoms with van der Waals surface area (Å²) in [6.07, 6.45) is 8.51. The quantitative estimate of drug-likeness (QED) is 0.383. The van der Waals surface area contributed by atoms with Crippen molar-refractivity contribution in [3.8, 4) is 0 Å².